The number of thioether (sulfide) groups is 1. The molecule has 0 radical (unpaired) electrons. The molecule has 0 bridgehead atoms. The first-order valence-electron chi connectivity index (χ1n) is 8.66. The standard InChI is InChI=1S/C19H20N4O2S/c1-11(12-7-5-4-6-8-12)26-17-14-16(20-15(21-17)13-9-10-13)22(2)19(25)23(3)18(14)24/h4-8,11,13H,9-10H2,1-3H3. The second kappa shape index (κ2) is 6.39. The fourth-order valence-corrected chi connectivity index (χ4v) is 4.08. The molecule has 1 aromatic carbocycles. The number of fused-ring (bicyclic) bond motifs is 1. The minimum absolute atomic E-state index is 0.128. The van der Waals surface area contributed by atoms with Crippen molar-refractivity contribution < 1.29 is 0 Å². The van der Waals surface area contributed by atoms with Gasteiger partial charge < -0.3 is 0 Å². The van der Waals surface area contributed by atoms with E-state index in [2.05, 4.69) is 24.0 Å². The Labute approximate surface area is 154 Å². The largest absolute Gasteiger partial charge is 0.332 e. The lowest BCUT2D eigenvalue weighted by Gasteiger charge is -2.15. The maximum Gasteiger partial charge on any atom is 0.332 e. The van der Waals surface area contributed by atoms with E-state index in [4.69, 9.17) is 4.98 Å². The van der Waals surface area contributed by atoms with E-state index in [0.29, 0.717) is 22.0 Å². The number of aromatic nitrogens is 4. The summed E-state index contributed by atoms with van der Waals surface area (Å²) in [7, 11) is 3.15. The quantitative estimate of drug-likeness (QED) is 0.523. The minimum Gasteiger partial charge on any atom is -0.280 e. The summed E-state index contributed by atoms with van der Waals surface area (Å²) in [6, 6.07) is 10.1. The topological polar surface area (TPSA) is 69.8 Å². The Morgan fingerprint density at radius 1 is 1.08 bits per heavy atom. The van der Waals surface area contributed by atoms with Gasteiger partial charge in [-0.25, -0.2) is 14.8 Å². The second-order valence-electron chi connectivity index (χ2n) is 6.74. The molecule has 0 spiro atoms. The SMILES string of the molecule is CC(Sc1nc(C2CC2)nc2c1c(=O)n(C)c(=O)n2C)c1ccccc1. The Kier molecular flexibility index (Phi) is 4.19. The molecule has 2 heterocycles. The highest BCUT2D eigenvalue weighted by Gasteiger charge is 2.29. The number of aryl methyl sites for hydroxylation is 1. The van der Waals surface area contributed by atoms with Crippen molar-refractivity contribution in [2.45, 2.75) is 36.0 Å². The third-order valence-corrected chi connectivity index (χ3v) is 5.93. The minimum atomic E-state index is -0.366. The Bertz CT molecular complexity index is 1100. The number of hydrogen-bond donors (Lipinski definition) is 0. The van der Waals surface area contributed by atoms with Gasteiger partial charge in [0.05, 0.1) is 0 Å². The van der Waals surface area contributed by atoms with E-state index in [0.717, 1.165) is 23.2 Å². The molecular weight excluding hydrogens is 348 g/mol. The summed E-state index contributed by atoms with van der Waals surface area (Å²) in [5.41, 5.74) is 0.889. The monoisotopic (exact) mass is 368 g/mol. The van der Waals surface area contributed by atoms with Gasteiger partial charge in [-0.05, 0) is 25.3 Å². The zero-order valence-electron chi connectivity index (χ0n) is 15.0. The van der Waals surface area contributed by atoms with Crippen molar-refractivity contribution in [1.82, 2.24) is 19.1 Å². The van der Waals surface area contributed by atoms with Crippen molar-refractivity contribution in [3.63, 3.8) is 0 Å². The third kappa shape index (κ3) is 2.86. The van der Waals surface area contributed by atoms with E-state index in [1.807, 2.05) is 18.2 Å². The van der Waals surface area contributed by atoms with Crippen LogP contribution in [0.25, 0.3) is 11.0 Å². The summed E-state index contributed by atoms with van der Waals surface area (Å²) in [5, 5.41) is 1.21. The van der Waals surface area contributed by atoms with Crippen LogP contribution in [0.5, 0.6) is 0 Å². The van der Waals surface area contributed by atoms with Gasteiger partial charge in [0.1, 0.15) is 16.2 Å². The van der Waals surface area contributed by atoms with E-state index in [-0.39, 0.29) is 16.5 Å². The number of hydrogen-bond acceptors (Lipinski definition) is 5. The molecule has 1 saturated carbocycles. The first kappa shape index (κ1) is 17.0. The lowest BCUT2D eigenvalue weighted by atomic mass is 10.2. The maximum atomic E-state index is 12.8. The molecule has 1 fully saturated rings. The molecular formula is C19H20N4O2S. The molecule has 1 atom stereocenters. The van der Waals surface area contributed by atoms with Crippen molar-refractivity contribution >= 4 is 22.8 Å². The van der Waals surface area contributed by atoms with Crippen LogP contribution in [-0.2, 0) is 14.1 Å². The molecule has 1 unspecified atom stereocenters. The summed E-state index contributed by atoms with van der Waals surface area (Å²) >= 11 is 1.54. The molecule has 4 rings (SSSR count). The molecule has 7 heteroatoms. The fourth-order valence-electron chi connectivity index (χ4n) is 3.01. The predicted octanol–water partition coefficient (Wildman–Crippen LogP) is 2.76. The normalized spacial score (nSPS) is 15.3. The van der Waals surface area contributed by atoms with Crippen LogP contribution >= 0.6 is 11.8 Å². The van der Waals surface area contributed by atoms with Gasteiger partial charge in [0.25, 0.3) is 5.56 Å². The van der Waals surface area contributed by atoms with E-state index < -0.39 is 0 Å². The first-order chi connectivity index (χ1) is 12.5. The van der Waals surface area contributed by atoms with Crippen LogP contribution in [-0.4, -0.2) is 19.1 Å². The molecule has 0 saturated heterocycles. The van der Waals surface area contributed by atoms with Crippen molar-refractivity contribution in [1.29, 1.82) is 0 Å². The van der Waals surface area contributed by atoms with Crippen molar-refractivity contribution in [3.8, 4) is 0 Å². The molecule has 3 aromatic rings. The van der Waals surface area contributed by atoms with Crippen LogP contribution in [0.15, 0.2) is 44.9 Å². The second-order valence-corrected chi connectivity index (χ2v) is 8.07. The van der Waals surface area contributed by atoms with Gasteiger partial charge in [0.15, 0.2) is 5.65 Å². The van der Waals surface area contributed by atoms with E-state index in [9.17, 15) is 9.59 Å². The molecule has 0 N–H and O–H groups in total. The van der Waals surface area contributed by atoms with Crippen LogP contribution in [0.4, 0.5) is 0 Å². The highest BCUT2D eigenvalue weighted by molar-refractivity contribution is 7.99. The molecule has 1 aliphatic carbocycles. The van der Waals surface area contributed by atoms with E-state index in [1.165, 1.54) is 17.2 Å². The van der Waals surface area contributed by atoms with Crippen molar-refractivity contribution in [2.24, 2.45) is 14.1 Å². The smallest absolute Gasteiger partial charge is 0.280 e. The Morgan fingerprint density at radius 3 is 2.42 bits per heavy atom. The van der Waals surface area contributed by atoms with Gasteiger partial charge in [-0.2, -0.15) is 0 Å². The summed E-state index contributed by atoms with van der Waals surface area (Å²) in [4.78, 5) is 34.4. The van der Waals surface area contributed by atoms with Gasteiger partial charge >= 0.3 is 5.69 Å². The van der Waals surface area contributed by atoms with Crippen LogP contribution in [0.2, 0.25) is 0 Å². The van der Waals surface area contributed by atoms with Gasteiger partial charge in [-0.15, -0.1) is 0 Å². The molecule has 1 aliphatic rings. The van der Waals surface area contributed by atoms with Gasteiger partial charge in [-0.1, -0.05) is 42.1 Å². The summed E-state index contributed by atoms with van der Waals surface area (Å²) < 4.78 is 2.57. The average Bonchev–Trinajstić information content (AvgIpc) is 3.50. The molecule has 0 amide bonds. The lowest BCUT2D eigenvalue weighted by molar-refractivity contribution is 0.698. The fraction of sp³-hybridized carbons (Fsp3) is 0.368. The number of rotatable bonds is 4. The lowest BCUT2D eigenvalue weighted by Crippen LogP contribution is -2.37. The summed E-state index contributed by atoms with van der Waals surface area (Å²) in [6.45, 7) is 2.09. The molecule has 0 aliphatic heterocycles. The van der Waals surface area contributed by atoms with Crippen LogP contribution in [0.3, 0.4) is 0 Å². The molecule has 134 valence electrons. The summed E-state index contributed by atoms with van der Waals surface area (Å²) in [6.07, 6.45) is 2.12. The number of nitrogens with zero attached hydrogens (tertiary/aromatic N) is 4. The predicted molar refractivity (Wildman–Crippen MR) is 103 cm³/mol. The Balaban J connectivity index is 1.92. The highest BCUT2D eigenvalue weighted by Crippen LogP contribution is 2.41. The van der Waals surface area contributed by atoms with Crippen LogP contribution in [0.1, 0.15) is 42.3 Å². The van der Waals surface area contributed by atoms with Crippen LogP contribution in [0, 0.1) is 0 Å². The Morgan fingerprint density at radius 2 is 1.77 bits per heavy atom. The zero-order chi connectivity index (χ0) is 18.4. The van der Waals surface area contributed by atoms with Gasteiger partial charge in [0, 0.05) is 25.3 Å². The summed E-state index contributed by atoms with van der Waals surface area (Å²) in [5.74, 6) is 1.08. The van der Waals surface area contributed by atoms with Crippen molar-refractivity contribution in [3.05, 3.63) is 62.6 Å². The van der Waals surface area contributed by atoms with E-state index >= 15 is 0 Å². The van der Waals surface area contributed by atoms with Gasteiger partial charge in [-0.3, -0.25) is 13.9 Å². The van der Waals surface area contributed by atoms with Crippen LogP contribution < -0.4 is 11.2 Å². The average molecular weight is 368 g/mol. The maximum absolute atomic E-state index is 12.8. The van der Waals surface area contributed by atoms with Gasteiger partial charge in [0.2, 0.25) is 0 Å². The zero-order valence-corrected chi connectivity index (χ0v) is 15.8. The first-order valence-corrected chi connectivity index (χ1v) is 9.54. The third-order valence-electron chi connectivity index (χ3n) is 4.78. The molecule has 6 nitrogen and oxygen atoms in total. The number of benzene rings is 1. The highest BCUT2D eigenvalue weighted by atomic mass is 32.2. The van der Waals surface area contributed by atoms with E-state index in [1.54, 1.807) is 18.8 Å². The molecule has 26 heavy (non-hydrogen) atoms. The Hall–Kier alpha value is -2.41. The molecule has 2 aromatic heterocycles. The van der Waals surface area contributed by atoms with Crippen molar-refractivity contribution in [2.75, 3.05) is 0 Å².